The molecule has 0 saturated heterocycles. The number of hydrogen-bond acceptors (Lipinski definition) is 1. The van der Waals surface area contributed by atoms with Gasteiger partial charge in [-0.05, 0) is 29.9 Å². The summed E-state index contributed by atoms with van der Waals surface area (Å²) in [4.78, 5) is 7.52. The van der Waals surface area contributed by atoms with Crippen LogP contribution in [0.5, 0.6) is 0 Å². The van der Waals surface area contributed by atoms with Crippen molar-refractivity contribution in [3.8, 4) is 0 Å². The molecule has 0 aliphatic heterocycles. The highest BCUT2D eigenvalue weighted by Crippen LogP contribution is 2.40. The highest BCUT2D eigenvalue weighted by atomic mass is 14.9. The molecule has 0 radical (unpaired) electrons. The van der Waals surface area contributed by atoms with Crippen LogP contribution in [0, 0.1) is 0 Å². The largest absolute Gasteiger partial charge is 0.348 e. The zero-order valence-corrected chi connectivity index (χ0v) is 9.48. The topological polar surface area (TPSA) is 28.7 Å². The summed E-state index contributed by atoms with van der Waals surface area (Å²) in [6, 6.07) is 8.95. The van der Waals surface area contributed by atoms with Crippen molar-refractivity contribution >= 4 is 0 Å². The minimum atomic E-state index is 0.355. The van der Waals surface area contributed by atoms with Crippen LogP contribution in [0.2, 0.25) is 0 Å². The van der Waals surface area contributed by atoms with Gasteiger partial charge in [-0.1, -0.05) is 31.2 Å². The lowest BCUT2D eigenvalue weighted by molar-refractivity contribution is 0.837. The molecule has 1 fully saturated rings. The number of nitrogens with zero attached hydrogens (tertiary/aromatic N) is 1. The lowest BCUT2D eigenvalue weighted by atomic mass is 9.97. The number of nitrogens with one attached hydrogen (secondary N) is 1. The second kappa shape index (κ2) is 3.78. The van der Waals surface area contributed by atoms with Crippen LogP contribution < -0.4 is 0 Å². The standard InChI is InChI=1S/C14H16N2/c1-10(14-15-7-8-16-14)12-3-2-4-13(9-12)11-5-6-11/h2-4,7-11H,5-6H2,1H3,(H,15,16)/t10-/m0/s1. The molecule has 0 bridgehead atoms. The Morgan fingerprint density at radius 2 is 2.25 bits per heavy atom. The molecule has 82 valence electrons. The quantitative estimate of drug-likeness (QED) is 0.829. The van der Waals surface area contributed by atoms with E-state index < -0.39 is 0 Å². The first-order chi connectivity index (χ1) is 7.84. The maximum absolute atomic E-state index is 4.33. The number of aromatic nitrogens is 2. The van der Waals surface area contributed by atoms with Gasteiger partial charge in [-0.25, -0.2) is 4.98 Å². The minimum absolute atomic E-state index is 0.355. The molecule has 1 heterocycles. The van der Waals surface area contributed by atoms with Crippen LogP contribution in [0.4, 0.5) is 0 Å². The number of rotatable bonds is 3. The molecule has 1 atom stereocenters. The molecule has 2 heteroatoms. The molecule has 1 saturated carbocycles. The van der Waals surface area contributed by atoms with Gasteiger partial charge in [0.1, 0.15) is 5.82 Å². The Labute approximate surface area is 95.7 Å². The first-order valence-electron chi connectivity index (χ1n) is 5.94. The van der Waals surface area contributed by atoms with Crippen molar-refractivity contribution in [3.63, 3.8) is 0 Å². The molecular formula is C14H16N2. The third-order valence-electron chi connectivity index (χ3n) is 3.39. The smallest absolute Gasteiger partial charge is 0.113 e. The van der Waals surface area contributed by atoms with E-state index in [0.29, 0.717) is 5.92 Å². The van der Waals surface area contributed by atoms with Gasteiger partial charge in [0.05, 0.1) is 0 Å². The minimum Gasteiger partial charge on any atom is -0.348 e. The summed E-state index contributed by atoms with van der Waals surface area (Å²) in [5, 5.41) is 0. The van der Waals surface area contributed by atoms with Gasteiger partial charge in [-0.15, -0.1) is 0 Å². The summed E-state index contributed by atoms with van der Waals surface area (Å²) in [6.07, 6.45) is 6.42. The van der Waals surface area contributed by atoms with Crippen molar-refractivity contribution < 1.29 is 0 Å². The van der Waals surface area contributed by atoms with Crippen molar-refractivity contribution in [2.24, 2.45) is 0 Å². The normalized spacial score (nSPS) is 17.3. The average Bonchev–Trinajstić information content (AvgIpc) is 3.04. The van der Waals surface area contributed by atoms with Gasteiger partial charge < -0.3 is 4.98 Å². The number of H-pyrrole nitrogens is 1. The van der Waals surface area contributed by atoms with Gasteiger partial charge in [0.25, 0.3) is 0 Å². The summed E-state index contributed by atoms with van der Waals surface area (Å²) < 4.78 is 0. The summed E-state index contributed by atoms with van der Waals surface area (Å²) in [5.74, 6) is 2.23. The van der Waals surface area contributed by atoms with Gasteiger partial charge in [-0.3, -0.25) is 0 Å². The van der Waals surface area contributed by atoms with Crippen molar-refractivity contribution in [1.29, 1.82) is 0 Å². The average molecular weight is 212 g/mol. The number of hydrogen-bond donors (Lipinski definition) is 1. The molecule has 2 nitrogen and oxygen atoms in total. The highest BCUT2D eigenvalue weighted by Gasteiger charge is 2.24. The lowest BCUT2D eigenvalue weighted by Gasteiger charge is -2.10. The molecule has 1 N–H and O–H groups in total. The number of imidazole rings is 1. The second-order valence-corrected chi connectivity index (χ2v) is 4.64. The zero-order valence-electron chi connectivity index (χ0n) is 9.48. The van der Waals surface area contributed by atoms with E-state index in [0.717, 1.165) is 11.7 Å². The van der Waals surface area contributed by atoms with Crippen molar-refractivity contribution in [1.82, 2.24) is 9.97 Å². The fourth-order valence-corrected chi connectivity index (χ4v) is 2.17. The predicted molar refractivity (Wildman–Crippen MR) is 64.5 cm³/mol. The van der Waals surface area contributed by atoms with E-state index >= 15 is 0 Å². The zero-order chi connectivity index (χ0) is 11.0. The van der Waals surface area contributed by atoms with E-state index in [-0.39, 0.29) is 0 Å². The molecule has 0 unspecified atom stereocenters. The summed E-state index contributed by atoms with van der Waals surface area (Å²) in [7, 11) is 0. The fourth-order valence-electron chi connectivity index (χ4n) is 2.17. The van der Waals surface area contributed by atoms with Crippen molar-refractivity contribution in [2.45, 2.75) is 31.6 Å². The van der Waals surface area contributed by atoms with E-state index in [9.17, 15) is 0 Å². The van der Waals surface area contributed by atoms with Crippen LogP contribution in [0.15, 0.2) is 36.7 Å². The maximum Gasteiger partial charge on any atom is 0.113 e. The first-order valence-corrected chi connectivity index (χ1v) is 5.94. The third-order valence-corrected chi connectivity index (χ3v) is 3.39. The Morgan fingerprint density at radius 3 is 2.94 bits per heavy atom. The Balaban J connectivity index is 1.90. The summed E-state index contributed by atoms with van der Waals surface area (Å²) in [6.45, 7) is 2.20. The van der Waals surface area contributed by atoms with Crippen molar-refractivity contribution in [2.75, 3.05) is 0 Å². The molecule has 1 aliphatic rings. The molecule has 1 aromatic heterocycles. The van der Waals surface area contributed by atoms with Crippen LogP contribution in [0.3, 0.4) is 0 Å². The van der Waals surface area contributed by atoms with Gasteiger partial charge in [0.15, 0.2) is 0 Å². The molecule has 2 aromatic rings. The Morgan fingerprint density at radius 1 is 1.38 bits per heavy atom. The van der Waals surface area contributed by atoms with Crippen molar-refractivity contribution in [3.05, 3.63) is 53.6 Å². The molecule has 16 heavy (non-hydrogen) atoms. The number of benzene rings is 1. The molecule has 1 aromatic carbocycles. The monoisotopic (exact) mass is 212 g/mol. The van der Waals surface area contributed by atoms with E-state index in [1.807, 2.05) is 12.4 Å². The van der Waals surface area contributed by atoms with E-state index in [1.54, 1.807) is 0 Å². The molecule has 3 rings (SSSR count). The summed E-state index contributed by atoms with van der Waals surface area (Å²) >= 11 is 0. The molecule has 0 amide bonds. The SMILES string of the molecule is C[C@@H](c1cccc(C2CC2)c1)c1ncc[nH]1. The predicted octanol–water partition coefficient (Wildman–Crippen LogP) is 3.44. The lowest BCUT2D eigenvalue weighted by Crippen LogP contribution is -1.99. The van der Waals surface area contributed by atoms with E-state index in [1.165, 1.54) is 24.0 Å². The number of aromatic amines is 1. The van der Waals surface area contributed by atoms with Crippen LogP contribution in [-0.4, -0.2) is 9.97 Å². The van der Waals surface area contributed by atoms with E-state index in [4.69, 9.17) is 0 Å². The molecule has 0 spiro atoms. The van der Waals surface area contributed by atoms with Crippen LogP contribution in [-0.2, 0) is 0 Å². The van der Waals surface area contributed by atoms with Gasteiger partial charge in [-0.2, -0.15) is 0 Å². The maximum atomic E-state index is 4.33. The first kappa shape index (κ1) is 9.64. The summed E-state index contributed by atoms with van der Waals surface area (Å²) in [5.41, 5.74) is 2.86. The van der Waals surface area contributed by atoms with Crippen LogP contribution in [0.25, 0.3) is 0 Å². The highest BCUT2D eigenvalue weighted by molar-refractivity contribution is 5.33. The van der Waals surface area contributed by atoms with Gasteiger partial charge in [0, 0.05) is 18.3 Å². The Bertz CT molecular complexity index is 469. The van der Waals surface area contributed by atoms with Crippen LogP contribution >= 0.6 is 0 Å². The third kappa shape index (κ3) is 1.75. The molecular weight excluding hydrogens is 196 g/mol. The second-order valence-electron chi connectivity index (χ2n) is 4.64. The van der Waals surface area contributed by atoms with Gasteiger partial charge in [0.2, 0.25) is 0 Å². The Hall–Kier alpha value is -1.57. The van der Waals surface area contributed by atoms with Crippen LogP contribution in [0.1, 0.15) is 48.6 Å². The van der Waals surface area contributed by atoms with Gasteiger partial charge >= 0.3 is 0 Å². The fraction of sp³-hybridized carbons (Fsp3) is 0.357. The molecule has 1 aliphatic carbocycles. The van der Waals surface area contributed by atoms with E-state index in [2.05, 4.69) is 41.2 Å². The Kier molecular flexibility index (Phi) is 2.28.